The molecule has 0 aromatic carbocycles. The second kappa shape index (κ2) is 27.9. The fourth-order valence-corrected chi connectivity index (χ4v) is 12.0. The van der Waals surface area contributed by atoms with Crippen molar-refractivity contribution in [3.63, 3.8) is 0 Å². The minimum absolute atomic E-state index is 0.0307. The molecule has 8 N–H and O–H groups in total. The quantitative estimate of drug-likeness (QED) is 0.0544. The van der Waals surface area contributed by atoms with Gasteiger partial charge in [0.05, 0.1) is 74.9 Å². The molecule has 74 heavy (non-hydrogen) atoms. The molecule has 6 saturated heterocycles. The number of nitrogens with zero attached hydrogens (tertiary/aromatic N) is 6. The maximum atomic E-state index is 14.4. The molecule has 2 aromatic rings. The summed E-state index contributed by atoms with van der Waals surface area (Å²) in [7, 11) is 0. The van der Waals surface area contributed by atoms with E-state index in [0.717, 1.165) is 62.3 Å². The van der Waals surface area contributed by atoms with Crippen LogP contribution in [0.4, 0.5) is 40.5 Å². The number of pyridine rings is 1. The zero-order chi connectivity index (χ0) is 52.5. The number of aromatic nitrogens is 4. The van der Waals surface area contributed by atoms with Crippen LogP contribution in [-0.2, 0) is 44.3 Å². The number of hydrogen-bond donors (Lipinski definition) is 8. The number of rotatable bonds is 24. The highest BCUT2D eigenvalue weighted by molar-refractivity contribution is 8.00. The highest BCUT2D eigenvalue weighted by atomic mass is 32.2. The van der Waals surface area contributed by atoms with Crippen molar-refractivity contribution in [1.82, 2.24) is 51.8 Å². The van der Waals surface area contributed by atoms with Crippen LogP contribution in [0.3, 0.4) is 0 Å². The number of amides is 7. The molecule has 29 heteroatoms. The number of alkyl halides is 3. The largest absolute Gasteiger partial charge is 0.481 e. The first kappa shape index (κ1) is 56.2. The van der Waals surface area contributed by atoms with Gasteiger partial charge in [-0.3, -0.25) is 19.2 Å². The van der Waals surface area contributed by atoms with Gasteiger partial charge in [-0.15, -0.1) is 0 Å². The van der Waals surface area contributed by atoms with Gasteiger partial charge in [-0.25, -0.2) is 14.6 Å². The number of nitrogens with one attached hydrogen (secondary N) is 7. The highest BCUT2D eigenvalue weighted by Crippen LogP contribution is 2.38. The summed E-state index contributed by atoms with van der Waals surface area (Å²) in [5.41, 5.74) is -1.47. The molecule has 0 aliphatic carbocycles. The maximum Gasteiger partial charge on any atom is 0.417 e. The lowest BCUT2D eigenvalue weighted by Crippen LogP contribution is -2.40. The number of unbranched alkanes of at least 4 members (excludes halogenated alkanes) is 2. The number of anilines is 3. The van der Waals surface area contributed by atoms with Gasteiger partial charge in [0.2, 0.25) is 23.7 Å². The van der Waals surface area contributed by atoms with Crippen molar-refractivity contribution >= 4 is 77.0 Å². The number of carboxylic acids is 1. The fourth-order valence-electron chi connectivity index (χ4n) is 8.93. The molecule has 0 bridgehead atoms. The Kier molecular flexibility index (Phi) is 21.2. The van der Waals surface area contributed by atoms with Gasteiger partial charge in [-0.05, 0) is 31.7 Å². The number of carboxylic acid groups (broad SMARTS) is 1. The first-order valence-corrected chi connectivity index (χ1v) is 26.9. The Morgan fingerprint density at radius 2 is 1.23 bits per heavy atom. The van der Waals surface area contributed by atoms with Crippen molar-refractivity contribution in [2.24, 2.45) is 0 Å². The number of urea groups is 2. The number of halogens is 3. The van der Waals surface area contributed by atoms with Crippen molar-refractivity contribution in [2.45, 2.75) is 92.2 Å². The topological polar surface area (TPSA) is 302 Å². The normalized spacial score (nSPS) is 23.1. The minimum atomic E-state index is -4.84. The van der Waals surface area contributed by atoms with Crippen LogP contribution in [0.15, 0.2) is 12.3 Å². The fraction of sp³-hybridized carbons (Fsp3) is 0.689. The Morgan fingerprint density at radius 1 is 0.716 bits per heavy atom. The summed E-state index contributed by atoms with van der Waals surface area (Å²) >= 11 is 3.71. The summed E-state index contributed by atoms with van der Waals surface area (Å²) in [6.45, 7) is 3.09. The summed E-state index contributed by atoms with van der Waals surface area (Å²) in [6.07, 6.45) is 1.91. The summed E-state index contributed by atoms with van der Waals surface area (Å²) in [6, 6.07) is 1.37. The zero-order valence-corrected chi connectivity index (χ0v) is 42.4. The van der Waals surface area contributed by atoms with E-state index in [-0.39, 0.29) is 111 Å². The molecule has 0 saturated carbocycles. The van der Waals surface area contributed by atoms with Crippen LogP contribution >= 0.6 is 23.5 Å². The van der Waals surface area contributed by atoms with E-state index in [4.69, 9.17) is 24.1 Å². The summed E-state index contributed by atoms with van der Waals surface area (Å²) < 4.78 is 64.6. The van der Waals surface area contributed by atoms with E-state index in [1.807, 2.05) is 33.3 Å². The van der Waals surface area contributed by atoms with Crippen LogP contribution in [-0.4, -0.2) is 199 Å². The van der Waals surface area contributed by atoms with Gasteiger partial charge in [-0.1, -0.05) is 12.8 Å². The summed E-state index contributed by atoms with van der Waals surface area (Å²) in [4.78, 5) is 90.7. The van der Waals surface area contributed by atoms with Gasteiger partial charge in [0.1, 0.15) is 19.0 Å². The molecule has 24 nitrogen and oxygen atoms in total. The molecule has 6 atom stereocenters. The molecule has 6 fully saturated rings. The summed E-state index contributed by atoms with van der Waals surface area (Å²) in [5, 5.41) is 28.7. The number of aliphatic carboxylic acids is 1. The van der Waals surface area contributed by atoms with Crippen LogP contribution < -0.4 is 47.0 Å². The van der Waals surface area contributed by atoms with Crippen LogP contribution in [0, 0.1) is 0 Å². The molecule has 0 unspecified atom stereocenters. The number of carbonyl (C=O) groups is 6. The molecule has 6 aliphatic heterocycles. The smallest absolute Gasteiger partial charge is 0.417 e. The minimum Gasteiger partial charge on any atom is -0.481 e. The van der Waals surface area contributed by atoms with Gasteiger partial charge in [-0.2, -0.15) is 51.6 Å². The third-order valence-electron chi connectivity index (χ3n) is 12.7. The van der Waals surface area contributed by atoms with Gasteiger partial charge in [0.25, 0.3) is 5.91 Å². The lowest BCUT2D eigenvalue weighted by molar-refractivity contribution is -0.138. The molecule has 8 heterocycles. The summed E-state index contributed by atoms with van der Waals surface area (Å²) in [5.74, 6) is -0.250. The van der Waals surface area contributed by atoms with Crippen molar-refractivity contribution in [1.29, 1.82) is 0 Å². The zero-order valence-electron chi connectivity index (χ0n) is 40.8. The van der Waals surface area contributed by atoms with E-state index >= 15 is 0 Å². The monoisotopic (exact) mass is 1080 g/mol. The SMILES string of the molecule is O=C(CCCC[C@@H]1SC[C@@H]2NC(=O)N[C@@H]21)NCCNC(=O)COCCOCC(=O)Nc1cc(C(F)(F)F)c(-c2nc(N3CCOCC3)nc(N3CCOCC3)n2)cn1.O=C(O)CCCC[C@@H]1SC[C@@H]2NC(=O)N[C@@H]21. The van der Waals surface area contributed by atoms with Crippen LogP contribution in [0.25, 0.3) is 11.4 Å². The Morgan fingerprint density at radius 3 is 1.76 bits per heavy atom. The van der Waals surface area contributed by atoms with E-state index in [1.165, 1.54) is 0 Å². The molecule has 8 rings (SSSR count). The Labute approximate surface area is 433 Å². The van der Waals surface area contributed by atoms with Crippen LogP contribution in [0.5, 0.6) is 0 Å². The standard InChI is InChI=1S/C35H48F3N11O8S.C10H16N2O3S/c36-35(37,38)23-17-26(41-18-22(23)31-45-32(48-7-11-54-12-8-48)47-33(46-31)49-9-13-55-14-10-49)43-29(52)20-57-16-15-56-19-28(51)40-6-5-39-27(50)4-2-1-3-25-30-24(21-58-25)42-34(53)44-30;13-8(14)4-2-1-3-7-9-6(5-16-7)11-10(15)12-9/h17-18,24-25,30H,1-16,19-21H2,(H,39,50)(H,40,51)(H,41,43,52)(H2,42,44,53);6-7,9H,1-5H2,(H,13,14)(H2,11,12,15)/t24-,25-,30-;6-,7-,9-/m00/s1. The van der Waals surface area contributed by atoms with E-state index in [9.17, 15) is 41.9 Å². The number of hydrogen-bond acceptors (Lipinski definition) is 18. The Balaban J connectivity index is 0.000000423. The molecule has 2 aromatic heterocycles. The van der Waals surface area contributed by atoms with E-state index in [0.29, 0.717) is 69.5 Å². The third-order valence-corrected chi connectivity index (χ3v) is 15.7. The first-order valence-electron chi connectivity index (χ1n) is 24.8. The van der Waals surface area contributed by atoms with Crippen LogP contribution in [0.2, 0.25) is 0 Å². The second-order valence-electron chi connectivity index (χ2n) is 18.1. The molecule has 6 aliphatic rings. The predicted molar refractivity (Wildman–Crippen MR) is 266 cm³/mol. The van der Waals surface area contributed by atoms with E-state index in [2.05, 4.69) is 57.2 Å². The molecule has 408 valence electrons. The third kappa shape index (κ3) is 17.0. The number of ether oxygens (including phenoxy) is 4. The van der Waals surface area contributed by atoms with Crippen molar-refractivity contribution in [2.75, 3.05) is 119 Å². The van der Waals surface area contributed by atoms with Crippen molar-refractivity contribution in [3.8, 4) is 11.4 Å². The maximum absolute atomic E-state index is 14.4. The van der Waals surface area contributed by atoms with Crippen molar-refractivity contribution < 1.29 is 66.0 Å². The Bertz CT molecular complexity index is 2210. The molecule has 0 spiro atoms. The number of morpholine rings is 2. The van der Waals surface area contributed by atoms with Gasteiger partial charge in [0.15, 0.2) is 5.82 Å². The molecule has 0 radical (unpaired) electrons. The second-order valence-corrected chi connectivity index (χ2v) is 20.6. The number of fused-ring (bicyclic) bond motifs is 2. The molecular weight excluding hydrogens is 1020 g/mol. The molecular formula is C45H64F3N13O11S2. The average Bonchev–Trinajstić information content (AvgIpc) is 4.16. The predicted octanol–water partition coefficient (Wildman–Crippen LogP) is 1.35. The van der Waals surface area contributed by atoms with Gasteiger partial charge < -0.3 is 71.1 Å². The lowest BCUT2D eigenvalue weighted by Gasteiger charge is -2.30. The van der Waals surface area contributed by atoms with E-state index in [1.54, 1.807) is 0 Å². The van der Waals surface area contributed by atoms with Gasteiger partial charge >= 0.3 is 24.2 Å². The highest BCUT2D eigenvalue weighted by Gasteiger charge is 2.44. The van der Waals surface area contributed by atoms with Gasteiger partial charge in [0, 0.05) is 80.3 Å². The molecule has 7 amide bonds. The van der Waals surface area contributed by atoms with Crippen LogP contribution in [0.1, 0.15) is 56.9 Å². The Hall–Kier alpha value is -5.49. The lowest BCUT2D eigenvalue weighted by atomic mass is 10.0. The number of carbonyl (C=O) groups excluding carboxylic acids is 5. The number of thioether (sulfide) groups is 2. The van der Waals surface area contributed by atoms with Crippen molar-refractivity contribution in [3.05, 3.63) is 17.8 Å². The van der Waals surface area contributed by atoms with E-state index < -0.39 is 36.1 Å². The first-order chi connectivity index (χ1) is 35.7. The average molecular weight is 1080 g/mol.